The van der Waals surface area contributed by atoms with E-state index in [9.17, 15) is 43.2 Å². The Morgan fingerprint density at radius 3 is 0.817 bits per heavy atom. The van der Waals surface area contributed by atoms with Crippen molar-refractivity contribution in [2.75, 3.05) is 39.6 Å². The van der Waals surface area contributed by atoms with Gasteiger partial charge in [-0.3, -0.25) is 37.3 Å². The number of hydrogen-bond acceptors (Lipinski definition) is 15. The Bertz CT molecular complexity index is 1820. The summed E-state index contributed by atoms with van der Waals surface area (Å²) >= 11 is 0. The molecular formula is C74H144O17P2. The van der Waals surface area contributed by atoms with Crippen LogP contribution in [0.1, 0.15) is 376 Å². The highest BCUT2D eigenvalue weighted by molar-refractivity contribution is 7.47. The first-order chi connectivity index (χ1) is 44.8. The maximum absolute atomic E-state index is 13.1. The maximum atomic E-state index is 13.1. The van der Waals surface area contributed by atoms with E-state index in [1.807, 2.05) is 0 Å². The van der Waals surface area contributed by atoms with Gasteiger partial charge in [-0.25, -0.2) is 9.13 Å². The predicted octanol–water partition coefficient (Wildman–Crippen LogP) is 21.4. The molecule has 93 heavy (non-hydrogen) atoms. The molecule has 0 spiro atoms. The Labute approximate surface area is 568 Å². The standard InChI is InChI=1S/C74H144O17P2/c1-8-10-11-12-13-14-15-16-17-18-19-20-21-29-34-43-50-57-73(78)90-69(61-84-71(76)55-48-41-33-28-25-23-27-32-40-47-54-67(7)9-2)63-88-92(80,81)86-59-68(75)60-87-93(82,83)89-64-70(62-85-72(77)56-49-42-37-36-39-46-53-66(5)6)91-74(79)58-51-44-35-30-24-22-26-31-38-45-52-65(3)4/h65-70,75H,8-64H2,1-7H3,(H,80,81)(H,82,83)/t67?,68-,69-,70-/m1/s1. The van der Waals surface area contributed by atoms with Crippen molar-refractivity contribution >= 4 is 39.5 Å². The maximum Gasteiger partial charge on any atom is 0.472 e. The van der Waals surface area contributed by atoms with E-state index in [1.165, 1.54) is 180 Å². The van der Waals surface area contributed by atoms with Crippen LogP contribution in [0, 0.1) is 17.8 Å². The van der Waals surface area contributed by atoms with E-state index >= 15 is 0 Å². The van der Waals surface area contributed by atoms with Crippen molar-refractivity contribution in [3.63, 3.8) is 0 Å². The topological polar surface area (TPSA) is 237 Å². The number of carbonyl (C=O) groups excluding carboxylic acids is 4. The predicted molar refractivity (Wildman–Crippen MR) is 377 cm³/mol. The van der Waals surface area contributed by atoms with Crippen molar-refractivity contribution < 1.29 is 80.2 Å². The summed E-state index contributed by atoms with van der Waals surface area (Å²) in [5, 5.41) is 10.6. The average Bonchev–Trinajstić information content (AvgIpc) is 2.76. The van der Waals surface area contributed by atoms with Gasteiger partial charge in [-0.1, -0.05) is 325 Å². The Kier molecular flexibility index (Phi) is 63.4. The highest BCUT2D eigenvalue weighted by atomic mass is 31.2. The molecule has 0 aromatic rings. The third-order valence-corrected chi connectivity index (χ3v) is 19.4. The van der Waals surface area contributed by atoms with Gasteiger partial charge in [0.05, 0.1) is 26.4 Å². The summed E-state index contributed by atoms with van der Waals surface area (Å²) in [7, 11) is -9.91. The first-order valence-electron chi connectivity index (χ1n) is 38.4. The van der Waals surface area contributed by atoms with Gasteiger partial charge in [0.2, 0.25) is 0 Å². The lowest BCUT2D eigenvalue weighted by Gasteiger charge is -2.21. The number of phosphoric ester groups is 2. The molecule has 0 aromatic carbocycles. The van der Waals surface area contributed by atoms with Crippen LogP contribution in [0.15, 0.2) is 0 Å². The second-order valence-corrected chi connectivity index (χ2v) is 30.8. The molecule has 19 heteroatoms. The van der Waals surface area contributed by atoms with Crippen molar-refractivity contribution in [2.45, 2.75) is 394 Å². The molecule has 17 nitrogen and oxygen atoms in total. The Balaban J connectivity index is 5.24. The van der Waals surface area contributed by atoms with Gasteiger partial charge in [-0.05, 0) is 43.4 Å². The van der Waals surface area contributed by atoms with Crippen molar-refractivity contribution in [2.24, 2.45) is 17.8 Å². The van der Waals surface area contributed by atoms with E-state index in [4.69, 9.17) is 37.0 Å². The molecule has 0 aliphatic heterocycles. The van der Waals surface area contributed by atoms with Crippen molar-refractivity contribution in [1.29, 1.82) is 0 Å². The highest BCUT2D eigenvalue weighted by Gasteiger charge is 2.30. The Morgan fingerprint density at radius 2 is 0.548 bits per heavy atom. The summed E-state index contributed by atoms with van der Waals surface area (Å²) in [6.45, 7) is 11.8. The summed E-state index contributed by atoms with van der Waals surface area (Å²) in [5.41, 5.74) is 0. The molecule has 3 N–H and O–H groups in total. The van der Waals surface area contributed by atoms with Crippen molar-refractivity contribution in [3.05, 3.63) is 0 Å². The quantitative estimate of drug-likeness (QED) is 0.0222. The molecule has 0 aliphatic rings. The van der Waals surface area contributed by atoms with Crippen LogP contribution >= 0.6 is 15.6 Å². The second-order valence-electron chi connectivity index (χ2n) is 27.9. The lowest BCUT2D eigenvalue weighted by atomic mass is 9.99. The van der Waals surface area contributed by atoms with E-state index in [0.717, 1.165) is 108 Å². The van der Waals surface area contributed by atoms with Gasteiger partial charge in [0.1, 0.15) is 19.3 Å². The van der Waals surface area contributed by atoms with Gasteiger partial charge in [0.15, 0.2) is 12.2 Å². The molecule has 0 rings (SSSR count). The normalized spacial score (nSPS) is 14.4. The molecule has 552 valence electrons. The molecular weight excluding hydrogens is 1220 g/mol. The molecule has 0 bridgehead atoms. The van der Waals surface area contributed by atoms with Crippen LogP contribution in [0.5, 0.6) is 0 Å². The number of rotatable bonds is 72. The fourth-order valence-electron chi connectivity index (χ4n) is 11.2. The molecule has 6 atom stereocenters. The first kappa shape index (κ1) is 91.1. The van der Waals surface area contributed by atoms with Gasteiger partial charge in [-0.2, -0.15) is 0 Å². The smallest absolute Gasteiger partial charge is 0.462 e. The molecule has 0 saturated heterocycles. The number of unbranched alkanes of at least 4 members (excludes halogenated alkanes) is 39. The summed E-state index contributed by atoms with van der Waals surface area (Å²) in [6, 6.07) is 0. The minimum absolute atomic E-state index is 0.105. The van der Waals surface area contributed by atoms with Crippen LogP contribution in [0.3, 0.4) is 0 Å². The summed E-state index contributed by atoms with van der Waals surface area (Å²) in [6.07, 6.45) is 50.0. The fourth-order valence-corrected chi connectivity index (χ4v) is 12.8. The number of carbonyl (C=O) groups is 4. The van der Waals surface area contributed by atoms with Crippen molar-refractivity contribution in [1.82, 2.24) is 0 Å². The number of phosphoric acid groups is 2. The third kappa shape index (κ3) is 67.0. The van der Waals surface area contributed by atoms with Gasteiger partial charge >= 0.3 is 39.5 Å². The minimum Gasteiger partial charge on any atom is -0.462 e. The average molecular weight is 1370 g/mol. The lowest BCUT2D eigenvalue weighted by Crippen LogP contribution is -2.30. The number of esters is 4. The van der Waals surface area contributed by atoms with Gasteiger partial charge in [-0.15, -0.1) is 0 Å². The zero-order chi connectivity index (χ0) is 68.7. The fraction of sp³-hybridized carbons (Fsp3) is 0.946. The van der Waals surface area contributed by atoms with Crippen LogP contribution in [0.2, 0.25) is 0 Å². The number of hydrogen-bond donors (Lipinski definition) is 3. The zero-order valence-corrected chi connectivity index (χ0v) is 62.5. The molecule has 0 saturated carbocycles. The number of ether oxygens (including phenoxy) is 4. The van der Waals surface area contributed by atoms with Crippen LogP contribution in [-0.4, -0.2) is 96.7 Å². The number of aliphatic hydroxyl groups excluding tert-OH is 1. The Morgan fingerprint density at radius 1 is 0.312 bits per heavy atom. The SMILES string of the molecule is CCCCCCCCCCCCCCCCCCCC(=O)O[C@H](COC(=O)CCCCCCCCCCCCC(C)CC)COP(=O)(O)OC[C@@H](O)COP(=O)(O)OC[C@@H](COC(=O)CCCCCCCCC(C)C)OC(=O)CCCCCCCCCCCCC(C)C. The summed E-state index contributed by atoms with van der Waals surface area (Å²) in [4.78, 5) is 72.7. The molecule has 0 fully saturated rings. The zero-order valence-electron chi connectivity index (χ0n) is 60.7. The molecule has 0 heterocycles. The van der Waals surface area contributed by atoms with Crippen LogP contribution < -0.4 is 0 Å². The first-order valence-corrected chi connectivity index (χ1v) is 41.4. The van der Waals surface area contributed by atoms with Crippen LogP contribution in [0.25, 0.3) is 0 Å². The Hall–Kier alpha value is -1.94. The summed E-state index contributed by atoms with van der Waals surface area (Å²) < 4.78 is 68.4. The van der Waals surface area contributed by atoms with Crippen LogP contribution in [-0.2, 0) is 65.4 Å². The van der Waals surface area contributed by atoms with E-state index in [1.54, 1.807) is 0 Å². The second kappa shape index (κ2) is 64.7. The lowest BCUT2D eigenvalue weighted by molar-refractivity contribution is -0.161. The number of aliphatic hydroxyl groups is 1. The summed E-state index contributed by atoms with van der Waals surface area (Å²) in [5.74, 6) is 0.119. The van der Waals surface area contributed by atoms with Crippen molar-refractivity contribution in [3.8, 4) is 0 Å². The largest absolute Gasteiger partial charge is 0.472 e. The molecule has 0 amide bonds. The molecule has 0 aromatic heterocycles. The van der Waals surface area contributed by atoms with Crippen LogP contribution in [0.4, 0.5) is 0 Å². The molecule has 0 aliphatic carbocycles. The highest BCUT2D eigenvalue weighted by Crippen LogP contribution is 2.45. The van der Waals surface area contributed by atoms with Gasteiger partial charge in [0.25, 0.3) is 0 Å². The molecule has 0 radical (unpaired) electrons. The van der Waals surface area contributed by atoms with E-state index < -0.39 is 97.5 Å². The molecule has 3 unspecified atom stereocenters. The van der Waals surface area contributed by atoms with Gasteiger partial charge in [0, 0.05) is 25.7 Å². The van der Waals surface area contributed by atoms with Gasteiger partial charge < -0.3 is 33.8 Å². The third-order valence-electron chi connectivity index (χ3n) is 17.5. The van der Waals surface area contributed by atoms with E-state index in [0.29, 0.717) is 31.6 Å². The minimum atomic E-state index is -4.96. The van der Waals surface area contributed by atoms with E-state index in [-0.39, 0.29) is 25.7 Å². The van der Waals surface area contributed by atoms with E-state index in [2.05, 4.69) is 48.5 Å². The monoisotopic (exact) mass is 1370 g/mol.